The van der Waals surface area contributed by atoms with Gasteiger partial charge in [0.25, 0.3) is 0 Å². The number of aryl methyl sites for hydroxylation is 1. The van der Waals surface area contributed by atoms with Crippen molar-refractivity contribution in [1.82, 2.24) is 0 Å². The lowest BCUT2D eigenvalue weighted by atomic mass is 9.91. The van der Waals surface area contributed by atoms with Gasteiger partial charge in [0.2, 0.25) is 0 Å². The molecule has 2 rings (SSSR count). The molecular formula is C16H25NO. The highest BCUT2D eigenvalue weighted by Gasteiger charge is 2.25. The van der Waals surface area contributed by atoms with Crippen molar-refractivity contribution < 1.29 is 4.74 Å². The fourth-order valence-corrected chi connectivity index (χ4v) is 2.62. The molecule has 1 aromatic carbocycles. The molecule has 1 aromatic rings. The van der Waals surface area contributed by atoms with Crippen LogP contribution >= 0.6 is 0 Å². The van der Waals surface area contributed by atoms with Crippen LogP contribution in [0.3, 0.4) is 0 Å². The van der Waals surface area contributed by atoms with Gasteiger partial charge < -0.3 is 10.5 Å². The highest BCUT2D eigenvalue weighted by molar-refractivity contribution is 5.48. The standard InChI is InChI=1S/C16H25NO/c1-11-9-10-14(16(3,4)17)15(12(11)2)18-13-7-5-6-8-13/h9-10,13H,5-8,17H2,1-4H3. The third kappa shape index (κ3) is 2.69. The van der Waals surface area contributed by atoms with Gasteiger partial charge in [-0.25, -0.2) is 0 Å². The van der Waals surface area contributed by atoms with E-state index in [1.807, 2.05) is 13.8 Å². The Bertz CT molecular complexity index is 425. The van der Waals surface area contributed by atoms with Crippen LogP contribution in [0.5, 0.6) is 5.75 Å². The number of hydrogen-bond acceptors (Lipinski definition) is 2. The molecule has 0 saturated heterocycles. The van der Waals surface area contributed by atoms with E-state index < -0.39 is 0 Å². The monoisotopic (exact) mass is 247 g/mol. The molecule has 1 saturated carbocycles. The van der Waals surface area contributed by atoms with Crippen molar-refractivity contribution in [2.24, 2.45) is 5.73 Å². The second-order valence-corrected chi connectivity index (χ2v) is 6.13. The fourth-order valence-electron chi connectivity index (χ4n) is 2.62. The normalized spacial score (nSPS) is 17.2. The molecule has 0 aliphatic heterocycles. The van der Waals surface area contributed by atoms with E-state index in [9.17, 15) is 0 Å². The van der Waals surface area contributed by atoms with Crippen molar-refractivity contribution >= 4 is 0 Å². The third-order valence-electron chi connectivity index (χ3n) is 3.96. The minimum Gasteiger partial charge on any atom is -0.490 e. The SMILES string of the molecule is Cc1ccc(C(C)(C)N)c(OC2CCCC2)c1C. The summed E-state index contributed by atoms with van der Waals surface area (Å²) in [6.07, 6.45) is 5.32. The lowest BCUT2D eigenvalue weighted by Gasteiger charge is -2.27. The Balaban J connectivity index is 2.38. The van der Waals surface area contributed by atoms with Crippen LogP contribution < -0.4 is 10.5 Å². The van der Waals surface area contributed by atoms with Crippen LogP contribution in [0.2, 0.25) is 0 Å². The zero-order valence-corrected chi connectivity index (χ0v) is 12.0. The molecule has 0 unspecified atom stereocenters. The number of rotatable bonds is 3. The van der Waals surface area contributed by atoms with Crippen molar-refractivity contribution in [3.63, 3.8) is 0 Å². The van der Waals surface area contributed by atoms with Crippen molar-refractivity contribution in [1.29, 1.82) is 0 Å². The van der Waals surface area contributed by atoms with Crippen molar-refractivity contribution in [2.45, 2.75) is 65.0 Å². The van der Waals surface area contributed by atoms with Crippen LogP contribution in [0.1, 0.15) is 56.2 Å². The average molecular weight is 247 g/mol. The Kier molecular flexibility index (Phi) is 3.67. The molecule has 1 fully saturated rings. The highest BCUT2D eigenvalue weighted by Crippen LogP contribution is 2.35. The van der Waals surface area contributed by atoms with Gasteiger partial charge in [-0.2, -0.15) is 0 Å². The second-order valence-electron chi connectivity index (χ2n) is 6.13. The largest absolute Gasteiger partial charge is 0.490 e. The van der Waals surface area contributed by atoms with E-state index in [1.54, 1.807) is 0 Å². The summed E-state index contributed by atoms with van der Waals surface area (Å²) in [5.41, 5.74) is 9.55. The molecule has 1 aliphatic carbocycles. The fraction of sp³-hybridized carbons (Fsp3) is 0.625. The average Bonchev–Trinajstić information content (AvgIpc) is 2.76. The summed E-state index contributed by atoms with van der Waals surface area (Å²) in [6.45, 7) is 8.34. The van der Waals surface area contributed by atoms with Gasteiger partial charge in [0.05, 0.1) is 6.10 Å². The van der Waals surface area contributed by atoms with E-state index in [2.05, 4.69) is 26.0 Å². The molecule has 2 N–H and O–H groups in total. The lowest BCUT2D eigenvalue weighted by molar-refractivity contribution is 0.203. The summed E-state index contributed by atoms with van der Waals surface area (Å²) in [5.74, 6) is 1.02. The number of benzene rings is 1. The maximum atomic E-state index is 6.27. The molecule has 2 heteroatoms. The van der Waals surface area contributed by atoms with E-state index in [-0.39, 0.29) is 5.54 Å². The first-order chi connectivity index (χ1) is 8.39. The van der Waals surface area contributed by atoms with E-state index in [4.69, 9.17) is 10.5 Å². The highest BCUT2D eigenvalue weighted by atomic mass is 16.5. The van der Waals surface area contributed by atoms with Gasteiger partial charge in [-0.05, 0) is 64.5 Å². The smallest absolute Gasteiger partial charge is 0.127 e. The lowest BCUT2D eigenvalue weighted by Crippen LogP contribution is -2.30. The van der Waals surface area contributed by atoms with Gasteiger partial charge in [0.1, 0.15) is 5.75 Å². The molecule has 1 aliphatic rings. The summed E-state index contributed by atoms with van der Waals surface area (Å²) in [7, 11) is 0. The molecule has 18 heavy (non-hydrogen) atoms. The first kappa shape index (κ1) is 13.4. The van der Waals surface area contributed by atoms with Gasteiger partial charge in [0.15, 0.2) is 0 Å². The Morgan fingerprint density at radius 2 is 1.78 bits per heavy atom. The van der Waals surface area contributed by atoms with Crippen LogP contribution in [0.15, 0.2) is 12.1 Å². The molecule has 0 amide bonds. The molecule has 0 atom stereocenters. The van der Waals surface area contributed by atoms with Gasteiger partial charge in [-0.1, -0.05) is 12.1 Å². The summed E-state index contributed by atoms with van der Waals surface area (Å²) in [6, 6.07) is 4.26. The minimum atomic E-state index is -0.355. The van der Waals surface area contributed by atoms with E-state index in [0.717, 1.165) is 11.3 Å². The van der Waals surface area contributed by atoms with Crippen LogP contribution in [0.4, 0.5) is 0 Å². The van der Waals surface area contributed by atoms with E-state index >= 15 is 0 Å². The van der Waals surface area contributed by atoms with Crippen LogP contribution in [-0.4, -0.2) is 6.10 Å². The summed E-state index contributed by atoms with van der Waals surface area (Å²) in [4.78, 5) is 0. The summed E-state index contributed by atoms with van der Waals surface area (Å²) < 4.78 is 6.26. The van der Waals surface area contributed by atoms with E-state index in [0.29, 0.717) is 6.10 Å². The Morgan fingerprint density at radius 1 is 1.17 bits per heavy atom. The second kappa shape index (κ2) is 4.93. The molecule has 0 bridgehead atoms. The maximum Gasteiger partial charge on any atom is 0.127 e. The predicted octanol–water partition coefficient (Wildman–Crippen LogP) is 3.82. The summed E-state index contributed by atoms with van der Waals surface area (Å²) in [5, 5.41) is 0. The minimum absolute atomic E-state index is 0.355. The predicted molar refractivity (Wildman–Crippen MR) is 76.0 cm³/mol. The first-order valence-corrected chi connectivity index (χ1v) is 6.96. The van der Waals surface area contributed by atoms with E-state index in [1.165, 1.54) is 36.8 Å². The molecule has 2 nitrogen and oxygen atoms in total. The number of nitrogens with two attached hydrogens (primary N) is 1. The Hall–Kier alpha value is -1.02. The van der Waals surface area contributed by atoms with Crippen LogP contribution in [0.25, 0.3) is 0 Å². The Morgan fingerprint density at radius 3 is 2.33 bits per heavy atom. The van der Waals surface area contributed by atoms with Gasteiger partial charge in [0, 0.05) is 11.1 Å². The zero-order chi connectivity index (χ0) is 13.3. The summed E-state index contributed by atoms with van der Waals surface area (Å²) >= 11 is 0. The third-order valence-corrected chi connectivity index (χ3v) is 3.96. The van der Waals surface area contributed by atoms with Gasteiger partial charge in [-0.3, -0.25) is 0 Å². The Labute approximate surface area is 111 Å². The molecular weight excluding hydrogens is 222 g/mol. The van der Waals surface area contributed by atoms with Crippen LogP contribution in [0, 0.1) is 13.8 Å². The molecule has 100 valence electrons. The topological polar surface area (TPSA) is 35.2 Å². The molecule has 0 heterocycles. The molecule has 0 spiro atoms. The van der Waals surface area contributed by atoms with Gasteiger partial charge >= 0.3 is 0 Å². The number of hydrogen-bond donors (Lipinski definition) is 1. The quantitative estimate of drug-likeness (QED) is 0.881. The zero-order valence-electron chi connectivity index (χ0n) is 12.0. The molecule has 0 aromatic heterocycles. The first-order valence-electron chi connectivity index (χ1n) is 6.96. The van der Waals surface area contributed by atoms with Crippen molar-refractivity contribution in [2.75, 3.05) is 0 Å². The number of ether oxygens (including phenoxy) is 1. The van der Waals surface area contributed by atoms with Crippen LogP contribution in [-0.2, 0) is 5.54 Å². The molecule has 0 radical (unpaired) electrons. The van der Waals surface area contributed by atoms with Crippen molar-refractivity contribution in [3.8, 4) is 5.75 Å². The maximum absolute atomic E-state index is 6.27. The van der Waals surface area contributed by atoms with Crippen molar-refractivity contribution in [3.05, 3.63) is 28.8 Å². The van der Waals surface area contributed by atoms with Gasteiger partial charge in [-0.15, -0.1) is 0 Å².